The number of methoxy groups -OCH3 is 1. The molecule has 1 N–H and O–H groups in total. The summed E-state index contributed by atoms with van der Waals surface area (Å²) in [6, 6.07) is 7.58. The number of esters is 1. The molecule has 25 heavy (non-hydrogen) atoms. The van der Waals surface area contributed by atoms with Crippen LogP contribution in [0.3, 0.4) is 0 Å². The molecular weight excluding hydrogens is 355 g/mol. The average molecular weight is 371 g/mol. The Morgan fingerprint density at radius 1 is 1.24 bits per heavy atom. The van der Waals surface area contributed by atoms with Crippen molar-refractivity contribution in [2.24, 2.45) is 0 Å². The topological polar surface area (TPSA) is 55.4 Å². The van der Waals surface area contributed by atoms with Gasteiger partial charge in [0.2, 0.25) is 5.91 Å². The highest BCUT2D eigenvalue weighted by molar-refractivity contribution is 7.10. The lowest BCUT2D eigenvalue weighted by molar-refractivity contribution is -0.141. The molecule has 1 atom stereocenters. The zero-order valence-corrected chi connectivity index (χ0v) is 14.1. The van der Waals surface area contributed by atoms with Gasteiger partial charge in [0.25, 0.3) is 0 Å². The summed E-state index contributed by atoms with van der Waals surface area (Å²) < 4.78 is 42.8. The van der Waals surface area contributed by atoms with Gasteiger partial charge in [-0.2, -0.15) is 13.2 Å². The summed E-state index contributed by atoms with van der Waals surface area (Å²) in [5, 5.41) is 4.48. The van der Waals surface area contributed by atoms with Crippen LogP contribution in [0.5, 0.6) is 0 Å². The first kappa shape index (κ1) is 19.0. The maximum atomic E-state index is 12.7. The van der Waals surface area contributed by atoms with Crippen molar-refractivity contribution in [2.45, 2.75) is 25.1 Å². The van der Waals surface area contributed by atoms with Gasteiger partial charge in [0.05, 0.1) is 31.6 Å². The lowest BCUT2D eigenvalue weighted by Gasteiger charge is -2.16. The van der Waals surface area contributed by atoms with Crippen molar-refractivity contribution in [1.29, 1.82) is 0 Å². The van der Waals surface area contributed by atoms with Gasteiger partial charge in [0.1, 0.15) is 0 Å². The highest BCUT2D eigenvalue weighted by Crippen LogP contribution is 2.29. The van der Waals surface area contributed by atoms with Crippen LogP contribution in [-0.4, -0.2) is 19.0 Å². The minimum atomic E-state index is -4.46. The van der Waals surface area contributed by atoms with Crippen molar-refractivity contribution in [3.05, 3.63) is 57.8 Å². The summed E-state index contributed by atoms with van der Waals surface area (Å²) in [4.78, 5) is 24.5. The standard InChI is InChI=1S/C17H16F3NO3S/c1-24-16(23)10-13(14-6-3-7-25-14)21-15(22)9-11-4-2-5-12(8-11)17(18,19)20/h2-8,13H,9-10H2,1H3,(H,21,22). The molecule has 8 heteroatoms. The number of alkyl halides is 3. The third kappa shape index (κ3) is 5.60. The SMILES string of the molecule is COC(=O)CC(NC(=O)Cc1cccc(C(F)(F)F)c1)c1cccs1. The predicted molar refractivity (Wildman–Crippen MR) is 87.0 cm³/mol. The molecule has 2 aromatic rings. The fraction of sp³-hybridized carbons (Fsp3) is 0.294. The van der Waals surface area contributed by atoms with E-state index in [1.165, 1.54) is 30.6 Å². The fourth-order valence-electron chi connectivity index (χ4n) is 2.25. The summed E-state index contributed by atoms with van der Waals surface area (Å²) in [5.41, 5.74) is -0.558. The molecule has 1 aromatic heterocycles. The van der Waals surface area contributed by atoms with Crippen LogP contribution in [0.4, 0.5) is 13.2 Å². The number of rotatable bonds is 6. The Labute approximate surface area is 146 Å². The van der Waals surface area contributed by atoms with E-state index >= 15 is 0 Å². The number of hydrogen-bond donors (Lipinski definition) is 1. The van der Waals surface area contributed by atoms with Crippen molar-refractivity contribution in [3.63, 3.8) is 0 Å². The molecule has 0 spiro atoms. The Bertz CT molecular complexity index is 729. The predicted octanol–water partition coefficient (Wildman–Crippen LogP) is 3.73. The number of hydrogen-bond acceptors (Lipinski definition) is 4. The van der Waals surface area contributed by atoms with Crippen molar-refractivity contribution >= 4 is 23.2 Å². The van der Waals surface area contributed by atoms with Gasteiger partial charge in [-0.1, -0.05) is 24.3 Å². The Morgan fingerprint density at radius 3 is 2.60 bits per heavy atom. The van der Waals surface area contributed by atoms with Gasteiger partial charge in [-0.25, -0.2) is 0 Å². The molecule has 0 aliphatic heterocycles. The molecule has 4 nitrogen and oxygen atoms in total. The van der Waals surface area contributed by atoms with Crippen LogP contribution in [0.2, 0.25) is 0 Å². The lowest BCUT2D eigenvalue weighted by atomic mass is 10.1. The van der Waals surface area contributed by atoms with E-state index in [4.69, 9.17) is 0 Å². The second-order valence-electron chi connectivity index (χ2n) is 5.29. The van der Waals surface area contributed by atoms with E-state index in [9.17, 15) is 22.8 Å². The van der Waals surface area contributed by atoms with Crippen molar-refractivity contribution in [3.8, 4) is 0 Å². The molecule has 0 aliphatic rings. The zero-order chi connectivity index (χ0) is 18.4. The van der Waals surface area contributed by atoms with Gasteiger partial charge in [-0.15, -0.1) is 11.3 Å². The van der Waals surface area contributed by atoms with Crippen LogP contribution < -0.4 is 5.32 Å². The number of ether oxygens (including phenoxy) is 1. The molecule has 1 heterocycles. The Kier molecular flexibility index (Phi) is 6.19. The summed E-state index contributed by atoms with van der Waals surface area (Å²) in [6.07, 6.45) is -4.73. The highest BCUT2D eigenvalue weighted by Gasteiger charge is 2.30. The Hall–Kier alpha value is -2.35. The minimum absolute atomic E-state index is 0.0503. The van der Waals surface area contributed by atoms with Gasteiger partial charge in [0, 0.05) is 4.88 Å². The van der Waals surface area contributed by atoms with Gasteiger partial charge in [-0.3, -0.25) is 9.59 Å². The smallest absolute Gasteiger partial charge is 0.416 e. The quantitative estimate of drug-likeness (QED) is 0.788. The second-order valence-corrected chi connectivity index (χ2v) is 6.27. The summed E-state index contributed by atoms with van der Waals surface area (Å²) in [7, 11) is 1.25. The van der Waals surface area contributed by atoms with Gasteiger partial charge in [0.15, 0.2) is 0 Å². The molecule has 2 rings (SSSR count). The average Bonchev–Trinajstić information content (AvgIpc) is 3.08. The van der Waals surface area contributed by atoms with E-state index < -0.39 is 29.7 Å². The number of nitrogens with one attached hydrogen (secondary N) is 1. The summed E-state index contributed by atoms with van der Waals surface area (Å²) in [6.45, 7) is 0. The number of halogens is 3. The molecule has 1 unspecified atom stereocenters. The molecule has 0 saturated heterocycles. The second kappa shape index (κ2) is 8.15. The number of carbonyl (C=O) groups is 2. The first-order valence-corrected chi connectivity index (χ1v) is 8.23. The first-order chi connectivity index (χ1) is 11.8. The van der Waals surface area contributed by atoms with E-state index in [1.807, 2.05) is 0 Å². The minimum Gasteiger partial charge on any atom is -0.469 e. The Balaban J connectivity index is 2.07. The van der Waals surface area contributed by atoms with E-state index in [0.29, 0.717) is 0 Å². The van der Waals surface area contributed by atoms with E-state index in [2.05, 4.69) is 10.1 Å². The number of carbonyl (C=O) groups excluding carboxylic acids is 2. The van der Waals surface area contributed by atoms with Gasteiger partial charge >= 0.3 is 12.1 Å². The highest BCUT2D eigenvalue weighted by atomic mass is 32.1. The molecule has 1 amide bonds. The number of benzene rings is 1. The molecule has 0 saturated carbocycles. The molecular formula is C17H16F3NO3S. The molecule has 134 valence electrons. The normalized spacial score (nSPS) is 12.5. The maximum absolute atomic E-state index is 12.7. The van der Waals surface area contributed by atoms with Crippen LogP contribution in [0, 0.1) is 0 Å². The summed E-state index contributed by atoms with van der Waals surface area (Å²) >= 11 is 1.37. The molecule has 0 fully saturated rings. The van der Waals surface area contributed by atoms with Crippen LogP contribution in [-0.2, 0) is 26.9 Å². The first-order valence-electron chi connectivity index (χ1n) is 7.35. The van der Waals surface area contributed by atoms with E-state index in [-0.39, 0.29) is 18.4 Å². The van der Waals surface area contributed by atoms with Crippen LogP contribution in [0.1, 0.15) is 28.5 Å². The van der Waals surface area contributed by atoms with Crippen molar-refractivity contribution in [2.75, 3.05) is 7.11 Å². The van der Waals surface area contributed by atoms with Crippen LogP contribution in [0.25, 0.3) is 0 Å². The molecule has 0 radical (unpaired) electrons. The molecule has 0 aliphatic carbocycles. The summed E-state index contributed by atoms with van der Waals surface area (Å²) in [5.74, 6) is -0.959. The third-order valence-corrected chi connectivity index (χ3v) is 4.43. The third-order valence-electron chi connectivity index (χ3n) is 3.44. The van der Waals surface area contributed by atoms with Gasteiger partial charge < -0.3 is 10.1 Å². The van der Waals surface area contributed by atoms with E-state index in [0.717, 1.165) is 17.0 Å². The zero-order valence-electron chi connectivity index (χ0n) is 13.3. The number of amides is 1. The van der Waals surface area contributed by atoms with E-state index in [1.54, 1.807) is 17.5 Å². The van der Waals surface area contributed by atoms with Crippen LogP contribution >= 0.6 is 11.3 Å². The van der Waals surface area contributed by atoms with Gasteiger partial charge in [-0.05, 0) is 23.1 Å². The maximum Gasteiger partial charge on any atom is 0.416 e. The van der Waals surface area contributed by atoms with Crippen molar-refractivity contribution in [1.82, 2.24) is 5.32 Å². The van der Waals surface area contributed by atoms with Crippen molar-refractivity contribution < 1.29 is 27.5 Å². The Morgan fingerprint density at radius 2 is 2.00 bits per heavy atom. The molecule has 0 bridgehead atoms. The number of thiophene rings is 1. The van der Waals surface area contributed by atoms with Crippen LogP contribution in [0.15, 0.2) is 41.8 Å². The lowest BCUT2D eigenvalue weighted by Crippen LogP contribution is -2.31. The monoisotopic (exact) mass is 371 g/mol. The molecule has 1 aromatic carbocycles. The fourth-order valence-corrected chi connectivity index (χ4v) is 3.03. The largest absolute Gasteiger partial charge is 0.469 e.